The molecular weight excluding hydrogens is 324 g/mol. The Balaban J connectivity index is 1.45. The van der Waals surface area contributed by atoms with E-state index >= 15 is 0 Å². The summed E-state index contributed by atoms with van der Waals surface area (Å²) in [6, 6.07) is 0.297. The molecule has 138 valence electrons. The maximum Gasteiger partial charge on any atom is 0.311 e. The van der Waals surface area contributed by atoms with E-state index < -0.39 is 11.4 Å². The molecule has 0 radical (unpaired) electrons. The van der Waals surface area contributed by atoms with Crippen molar-refractivity contribution in [2.24, 2.45) is 17.3 Å². The highest BCUT2D eigenvalue weighted by molar-refractivity contribution is 5.90. The fourth-order valence-electron chi connectivity index (χ4n) is 5.19. The third-order valence-electron chi connectivity index (χ3n) is 6.72. The molecule has 7 nitrogen and oxygen atoms in total. The van der Waals surface area contributed by atoms with E-state index in [-0.39, 0.29) is 36.6 Å². The van der Waals surface area contributed by atoms with E-state index in [2.05, 4.69) is 0 Å². The first kappa shape index (κ1) is 16.8. The highest BCUT2D eigenvalue weighted by atomic mass is 16.5. The van der Waals surface area contributed by atoms with Gasteiger partial charge in [0, 0.05) is 44.6 Å². The van der Waals surface area contributed by atoms with Crippen LogP contribution in [0.25, 0.3) is 0 Å². The second-order valence-electron chi connectivity index (χ2n) is 8.09. The maximum atomic E-state index is 13.0. The van der Waals surface area contributed by atoms with Crippen molar-refractivity contribution in [3.8, 4) is 0 Å². The standard InChI is InChI=1S/C18H26N2O5/c21-15-7-12(8-20(15)14-3-1-2-4-14)16(22)19-9-13-10-25-6-5-18(13,11-19)17(23)24/h12-14H,1-11H2,(H,23,24)/t12?,13-,18+/m0/s1. The average Bonchev–Trinajstić information content (AvgIpc) is 3.31. The lowest BCUT2D eigenvalue weighted by atomic mass is 9.74. The zero-order valence-electron chi connectivity index (χ0n) is 14.5. The number of carbonyl (C=O) groups is 3. The monoisotopic (exact) mass is 350 g/mol. The number of carboxylic acids is 1. The Morgan fingerprint density at radius 3 is 2.64 bits per heavy atom. The van der Waals surface area contributed by atoms with Gasteiger partial charge >= 0.3 is 5.97 Å². The molecule has 3 atom stereocenters. The van der Waals surface area contributed by atoms with Crippen molar-refractivity contribution in [1.82, 2.24) is 9.80 Å². The second-order valence-corrected chi connectivity index (χ2v) is 8.09. The average molecular weight is 350 g/mol. The van der Waals surface area contributed by atoms with E-state index in [1.165, 1.54) is 0 Å². The largest absolute Gasteiger partial charge is 0.481 e. The molecule has 1 N–H and O–H groups in total. The van der Waals surface area contributed by atoms with Gasteiger partial charge in [-0.15, -0.1) is 0 Å². The van der Waals surface area contributed by atoms with Crippen LogP contribution in [0.1, 0.15) is 38.5 Å². The highest BCUT2D eigenvalue weighted by Gasteiger charge is 2.56. The number of carboxylic acid groups (broad SMARTS) is 1. The predicted octanol–water partition coefficient (Wildman–Crippen LogP) is 0.727. The normalized spacial score (nSPS) is 36.1. The summed E-state index contributed by atoms with van der Waals surface area (Å²) >= 11 is 0. The lowest BCUT2D eigenvalue weighted by Crippen LogP contribution is -2.45. The first-order valence-electron chi connectivity index (χ1n) is 9.40. The molecular formula is C18H26N2O5. The van der Waals surface area contributed by atoms with Crippen LogP contribution in [0.3, 0.4) is 0 Å². The molecule has 1 saturated carbocycles. The smallest absolute Gasteiger partial charge is 0.311 e. The van der Waals surface area contributed by atoms with Gasteiger partial charge in [0.25, 0.3) is 0 Å². The summed E-state index contributed by atoms with van der Waals surface area (Å²) in [5.41, 5.74) is -0.873. The quantitative estimate of drug-likeness (QED) is 0.811. The molecule has 25 heavy (non-hydrogen) atoms. The molecule has 3 aliphatic heterocycles. The number of fused-ring (bicyclic) bond motifs is 1. The summed E-state index contributed by atoms with van der Waals surface area (Å²) in [7, 11) is 0. The Morgan fingerprint density at radius 2 is 1.96 bits per heavy atom. The highest BCUT2D eigenvalue weighted by Crippen LogP contribution is 2.43. The van der Waals surface area contributed by atoms with E-state index in [9.17, 15) is 19.5 Å². The number of hydrogen-bond acceptors (Lipinski definition) is 4. The summed E-state index contributed by atoms with van der Waals surface area (Å²) in [4.78, 5) is 40.8. The van der Waals surface area contributed by atoms with Gasteiger partial charge in [0.15, 0.2) is 0 Å². The minimum atomic E-state index is -0.873. The number of amides is 2. The van der Waals surface area contributed by atoms with Crippen molar-refractivity contribution >= 4 is 17.8 Å². The van der Waals surface area contributed by atoms with E-state index in [0.717, 1.165) is 25.7 Å². The molecule has 3 saturated heterocycles. The van der Waals surface area contributed by atoms with E-state index in [4.69, 9.17) is 4.74 Å². The van der Waals surface area contributed by atoms with Gasteiger partial charge in [-0.2, -0.15) is 0 Å². The van der Waals surface area contributed by atoms with Crippen molar-refractivity contribution < 1.29 is 24.2 Å². The minimum absolute atomic E-state index is 0.0520. The first-order chi connectivity index (χ1) is 12.0. The Morgan fingerprint density at radius 1 is 1.20 bits per heavy atom. The van der Waals surface area contributed by atoms with Crippen molar-refractivity contribution in [2.75, 3.05) is 32.8 Å². The molecule has 2 amide bonds. The number of aliphatic carboxylic acids is 1. The van der Waals surface area contributed by atoms with E-state index in [1.807, 2.05) is 4.90 Å². The van der Waals surface area contributed by atoms with Gasteiger partial charge in [-0.1, -0.05) is 12.8 Å². The van der Waals surface area contributed by atoms with E-state index in [0.29, 0.717) is 38.8 Å². The van der Waals surface area contributed by atoms with Crippen LogP contribution in [-0.2, 0) is 19.1 Å². The second kappa shape index (κ2) is 6.27. The fraction of sp³-hybridized carbons (Fsp3) is 0.833. The van der Waals surface area contributed by atoms with Gasteiger partial charge in [-0.3, -0.25) is 14.4 Å². The predicted molar refractivity (Wildman–Crippen MR) is 87.7 cm³/mol. The maximum absolute atomic E-state index is 13.0. The number of hydrogen-bond donors (Lipinski definition) is 1. The van der Waals surface area contributed by atoms with Crippen LogP contribution >= 0.6 is 0 Å². The lowest BCUT2D eigenvalue weighted by Gasteiger charge is -2.33. The molecule has 0 aromatic carbocycles. The molecule has 1 unspecified atom stereocenters. The Labute approximate surface area is 147 Å². The lowest BCUT2D eigenvalue weighted by molar-refractivity contribution is -0.157. The topological polar surface area (TPSA) is 87.2 Å². The molecule has 1 aliphatic carbocycles. The Bertz CT molecular complexity index is 588. The van der Waals surface area contributed by atoms with Gasteiger partial charge in [0.1, 0.15) is 0 Å². The van der Waals surface area contributed by atoms with Crippen LogP contribution in [0.5, 0.6) is 0 Å². The van der Waals surface area contributed by atoms with Crippen LogP contribution in [0.4, 0.5) is 0 Å². The SMILES string of the molecule is O=C(C1CC(=O)N(C2CCCC2)C1)N1C[C@H]2COCC[C@@]2(C(=O)O)C1. The fourth-order valence-corrected chi connectivity index (χ4v) is 5.19. The summed E-state index contributed by atoms with van der Waals surface area (Å²) in [5.74, 6) is -1.26. The summed E-state index contributed by atoms with van der Waals surface area (Å²) < 4.78 is 5.45. The van der Waals surface area contributed by atoms with E-state index in [1.54, 1.807) is 4.90 Å². The zero-order valence-corrected chi connectivity index (χ0v) is 14.5. The minimum Gasteiger partial charge on any atom is -0.481 e. The van der Waals surface area contributed by atoms with Crippen LogP contribution in [0.15, 0.2) is 0 Å². The molecule has 4 fully saturated rings. The van der Waals surface area contributed by atoms with Crippen molar-refractivity contribution in [2.45, 2.75) is 44.6 Å². The number of rotatable bonds is 3. The molecule has 4 rings (SSSR count). The van der Waals surface area contributed by atoms with Crippen LogP contribution in [-0.4, -0.2) is 71.6 Å². The summed E-state index contributed by atoms with van der Waals surface area (Å²) in [6.45, 7) is 2.01. The molecule has 4 aliphatic rings. The number of likely N-dealkylation sites (tertiary alicyclic amines) is 2. The molecule has 0 bridgehead atoms. The molecule has 7 heteroatoms. The Kier molecular flexibility index (Phi) is 4.22. The van der Waals surface area contributed by atoms with Gasteiger partial charge in [-0.05, 0) is 19.3 Å². The third-order valence-corrected chi connectivity index (χ3v) is 6.72. The molecule has 0 aromatic heterocycles. The van der Waals surface area contributed by atoms with Crippen molar-refractivity contribution in [1.29, 1.82) is 0 Å². The van der Waals surface area contributed by atoms with Crippen molar-refractivity contribution in [3.63, 3.8) is 0 Å². The number of ether oxygens (including phenoxy) is 1. The van der Waals surface area contributed by atoms with Crippen molar-refractivity contribution in [3.05, 3.63) is 0 Å². The van der Waals surface area contributed by atoms with Crippen LogP contribution in [0.2, 0.25) is 0 Å². The third kappa shape index (κ3) is 2.72. The molecule has 0 aromatic rings. The van der Waals surface area contributed by atoms with Crippen LogP contribution in [0, 0.1) is 17.3 Å². The van der Waals surface area contributed by atoms with Gasteiger partial charge < -0.3 is 19.6 Å². The first-order valence-corrected chi connectivity index (χ1v) is 9.40. The Hall–Kier alpha value is -1.63. The summed E-state index contributed by atoms with van der Waals surface area (Å²) in [5, 5.41) is 9.74. The van der Waals surface area contributed by atoms with Gasteiger partial charge in [0.05, 0.1) is 17.9 Å². The summed E-state index contributed by atoms with van der Waals surface area (Å²) in [6.07, 6.45) is 5.11. The van der Waals surface area contributed by atoms with Gasteiger partial charge in [0.2, 0.25) is 11.8 Å². The number of carbonyl (C=O) groups excluding carboxylic acids is 2. The number of nitrogens with zero attached hydrogens (tertiary/aromatic N) is 2. The molecule has 0 spiro atoms. The molecule has 3 heterocycles. The van der Waals surface area contributed by atoms with Crippen LogP contribution < -0.4 is 0 Å². The zero-order chi connectivity index (χ0) is 17.6. The van der Waals surface area contributed by atoms with Gasteiger partial charge in [-0.25, -0.2) is 0 Å².